The van der Waals surface area contributed by atoms with Crippen LogP contribution in [0.15, 0.2) is 17.4 Å². The molecule has 1 aliphatic heterocycles. The first kappa shape index (κ1) is 19.7. The highest BCUT2D eigenvalue weighted by molar-refractivity contribution is 5.98. The summed E-state index contributed by atoms with van der Waals surface area (Å²) in [5, 5.41) is 7.56. The molecule has 0 unspecified atom stereocenters. The molecule has 1 aromatic heterocycles. The number of aromatic nitrogens is 2. The van der Waals surface area contributed by atoms with Gasteiger partial charge in [0.2, 0.25) is 5.91 Å². The normalized spacial score (nSPS) is 20.6. The Balaban J connectivity index is 1.69. The van der Waals surface area contributed by atoms with Gasteiger partial charge in [0.05, 0.1) is 18.4 Å². The van der Waals surface area contributed by atoms with E-state index in [1.54, 1.807) is 10.9 Å². The molecule has 150 valence electrons. The number of carbonyl (C=O) groups is 1. The molecule has 1 saturated carbocycles. The van der Waals surface area contributed by atoms with E-state index >= 15 is 0 Å². The van der Waals surface area contributed by atoms with Crippen LogP contribution < -0.4 is 10.2 Å². The summed E-state index contributed by atoms with van der Waals surface area (Å²) in [6.07, 6.45) is 8.55. The highest BCUT2D eigenvalue weighted by Crippen LogP contribution is 2.34. The molecule has 2 heterocycles. The molecule has 0 atom stereocenters. The summed E-state index contributed by atoms with van der Waals surface area (Å²) in [4.78, 5) is 23.9. The Morgan fingerprint density at radius 2 is 2.07 bits per heavy atom. The number of aliphatic imine (C=N–C) groups is 1. The topological polar surface area (TPSA) is 69.0 Å². The van der Waals surface area contributed by atoms with Gasteiger partial charge in [-0.25, -0.2) is 0 Å². The van der Waals surface area contributed by atoms with E-state index in [4.69, 9.17) is 4.99 Å². The minimum atomic E-state index is 0.0862. The van der Waals surface area contributed by atoms with Gasteiger partial charge < -0.3 is 20.0 Å². The van der Waals surface area contributed by atoms with Crippen molar-refractivity contribution in [1.29, 1.82) is 0 Å². The maximum absolute atomic E-state index is 12.7. The number of hydrogen-bond acceptors (Lipinski definition) is 4. The number of anilines is 1. The Hall–Kier alpha value is -2.09. The van der Waals surface area contributed by atoms with E-state index in [-0.39, 0.29) is 11.4 Å². The number of nitrogens with one attached hydrogen (secondary N) is 1. The summed E-state index contributed by atoms with van der Waals surface area (Å²) in [5.74, 6) is 0.938. The van der Waals surface area contributed by atoms with Gasteiger partial charge in [0.25, 0.3) is 0 Å². The maximum Gasteiger partial charge on any atom is 0.246 e. The van der Waals surface area contributed by atoms with E-state index in [2.05, 4.69) is 41.2 Å². The fraction of sp³-hybridized carbons (Fsp3) is 0.737. The van der Waals surface area contributed by atoms with Gasteiger partial charge in [-0.15, -0.1) is 0 Å². The highest BCUT2D eigenvalue weighted by Gasteiger charge is 2.36. The summed E-state index contributed by atoms with van der Waals surface area (Å²) in [6.45, 7) is 5.40. The zero-order valence-corrected chi connectivity index (χ0v) is 17.1. The fourth-order valence-corrected chi connectivity index (χ4v) is 4.10. The molecule has 3 rings (SSSR count). The van der Waals surface area contributed by atoms with Crippen molar-refractivity contribution in [2.24, 2.45) is 12.0 Å². The molecule has 8 heteroatoms. The van der Waals surface area contributed by atoms with E-state index in [1.165, 1.54) is 25.7 Å². The molecular formula is C19H33N7O. The first-order valence-electron chi connectivity index (χ1n) is 9.95. The van der Waals surface area contributed by atoms with Gasteiger partial charge in [-0.1, -0.05) is 12.8 Å². The molecule has 27 heavy (non-hydrogen) atoms. The van der Waals surface area contributed by atoms with E-state index in [0.717, 1.165) is 31.3 Å². The third-order valence-electron chi connectivity index (χ3n) is 5.86. The van der Waals surface area contributed by atoms with Crippen molar-refractivity contribution >= 4 is 17.6 Å². The molecule has 1 aliphatic carbocycles. The van der Waals surface area contributed by atoms with E-state index in [0.29, 0.717) is 13.1 Å². The average Bonchev–Trinajstić information content (AvgIpc) is 3.28. The van der Waals surface area contributed by atoms with E-state index < -0.39 is 0 Å². The van der Waals surface area contributed by atoms with Gasteiger partial charge in [-0.2, -0.15) is 5.10 Å². The van der Waals surface area contributed by atoms with Crippen molar-refractivity contribution < 1.29 is 4.79 Å². The van der Waals surface area contributed by atoms with Gasteiger partial charge in [-0.05, 0) is 33.9 Å². The van der Waals surface area contributed by atoms with Crippen molar-refractivity contribution in [2.75, 3.05) is 51.7 Å². The number of piperazine rings is 1. The van der Waals surface area contributed by atoms with Crippen LogP contribution in [-0.2, 0) is 11.8 Å². The Labute approximate surface area is 162 Å². The minimum Gasteiger partial charge on any atom is -0.357 e. The number of amides is 1. The SMILES string of the molecule is CCNC(=NCC1(N(C)C)CCCC1)N1CCN(c2cnn(C)c2)C(=O)C1. The lowest BCUT2D eigenvalue weighted by Gasteiger charge is -2.37. The van der Waals surface area contributed by atoms with Crippen molar-refractivity contribution in [3.8, 4) is 0 Å². The first-order chi connectivity index (χ1) is 12.9. The molecule has 0 spiro atoms. The van der Waals surface area contributed by atoms with Crippen LogP contribution >= 0.6 is 0 Å². The molecule has 0 radical (unpaired) electrons. The lowest BCUT2D eigenvalue weighted by Crippen LogP contribution is -2.56. The highest BCUT2D eigenvalue weighted by atomic mass is 16.2. The zero-order valence-electron chi connectivity index (χ0n) is 17.1. The predicted molar refractivity (Wildman–Crippen MR) is 108 cm³/mol. The van der Waals surface area contributed by atoms with Crippen LogP contribution in [0.5, 0.6) is 0 Å². The lowest BCUT2D eigenvalue weighted by atomic mass is 9.96. The van der Waals surface area contributed by atoms with Gasteiger partial charge in [0, 0.05) is 38.4 Å². The van der Waals surface area contributed by atoms with Crippen molar-refractivity contribution in [1.82, 2.24) is 24.9 Å². The Morgan fingerprint density at radius 1 is 1.33 bits per heavy atom. The lowest BCUT2D eigenvalue weighted by molar-refractivity contribution is -0.120. The number of guanidine groups is 1. The third kappa shape index (κ3) is 4.26. The van der Waals surface area contributed by atoms with Crippen molar-refractivity contribution in [3.05, 3.63) is 12.4 Å². The van der Waals surface area contributed by atoms with Crippen LogP contribution in [0.2, 0.25) is 0 Å². The molecule has 1 saturated heterocycles. The number of likely N-dealkylation sites (N-methyl/N-ethyl adjacent to an activating group) is 1. The fourth-order valence-electron chi connectivity index (χ4n) is 4.10. The van der Waals surface area contributed by atoms with Gasteiger partial charge in [-0.3, -0.25) is 14.5 Å². The molecule has 8 nitrogen and oxygen atoms in total. The number of aryl methyl sites for hydroxylation is 1. The van der Waals surface area contributed by atoms with Crippen LogP contribution in [-0.4, -0.2) is 83.8 Å². The van der Waals surface area contributed by atoms with Crippen LogP contribution in [0, 0.1) is 0 Å². The van der Waals surface area contributed by atoms with Crippen LogP contribution in [0.3, 0.4) is 0 Å². The summed E-state index contributed by atoms with van der Waals surface area (Å²) < 4.78 is 1.73. The Kier molecular flexibility index (Phi) is 6.04. The van der Waals surface area contributed by atoms with E-state index in [1.807, 2.05) is 18.1 Å². The smallest absolute Gasteiger partial charge is 0.246 e. The van der Waals surface area contributed by atoms with Gasteiger partial charge in [0.1, 0.15) is 6.54 Å². The maximum atomic E-state index is 12.7. The largest absolute Gasteiger partial charge is 0.357 e. The number of nitrogens with zero attached hydrogens (tertiary/aromatic N) is 6. The predicted octanol–water partition coefficient (Wildman–Crippen LogP) is 0.909. The second-order valence-corrected chi connectivity index (χ2v) is 7.84. The van der Waals surface area contributed by atoms with Crippen LogP contribution in [0.25, 0.3) is 0 Å². The minimum absolute atomic E-state index is 0.0862. The van der Waals surface area contributed by atoms with Crippen molar-refractivity contribution in [2.45, 2.75) is 38.1 Å². The summed E-state index contributed by atoms with van der Waals surface area (Å²) in [7, 11) is 6.18. The Bertz CT molecular complexity index is 675. The molecule has 1 N–H and O–H groups in total. The molecule has 0 bridgehead atoms. The molecule has 0 aromatic carbocycles. The summed E-state index contributed by atoms with van der Waals surface area (Å²) in [5.41, 5.74) is 1.02. The molecule has 2 fully saturated rings. The van der Waals surface area contributed by atoms with Gasteiger partial charge >= 0.3 is 0 Å². The van der Waals surface area contributed by atoms with Crippen LogP contribution in [0.4, 0.5) is 5.69 Å². The van der Waals surface area contributed by atoms with Crippen LogP contribution in [0.1, 0.15) is 32.6 Å². The zero-order chi connectivity index (χ0) is 19.4. The van der Waals surface area contributed by atoms with E-state index in [9.17, 15) is 4.79 Å². The molecular weight excluding hydrogens is 342 g/mol. The average molecular weight is 376 g/mol. The number of rotatable bonds is 5. The summed E-state index contributed by atoms with van der Waals surface area (Å²) in [6, 6.07) is 0. The summed E-state index contributed by atoms with van der Waals surface area (Å²) >= 11 is 0. The van der Waals surface area contributed by atoms with Gasteiger partial charge in [0.15, 0.2) is 5.96 Å². The molecule has 2 aliphatic rings. The number of carbonyl (C=O) groups excluding carboxylic acids is 1. The first-order valence-corrected chi connectivity index (χ1v) is 9.95. The second kappa shape index (κ2) is 8.29. The molecule has 1 amide bonds. The quantitative estimate of drug-likeness (QED) is 0.612. The van der Waals surface area contributed by atoms with Crippen molar-refractivity contribution in [3.63, 3.8) is 0 Å². The Morgan fingerprint density at radius 3 is 2.63 bits per heavy atom. The number of hydrogen-bond donors (Lipinski definition) is 1. The standard InChI is InChI=1S/C19H33N7O/c1-5-20-18(21-15-19(23(2)3)8-6-7-9-19)25-10-11-26(17(27)14-25)16-12-22-24(4)13-16/h12-13H,5-11,14-15H2,1-4H3,(H,20,21). The molecule has 1 aromatic rings. The third-order valence-corrected chi connectivity index (χ3v) is 5.86. The second-order valence-electron chi connectivity index (χ2n) is 7.84. The monoisotopic (exact) mass is 375 g/mol.